The predicted molar refractivity (Wildman–Crippen MR) is 123 cm³/mol. The summed E-state index contributed by atoms with van der Waals surface area (Å²) >= 11 is 1.10. The molecule has 0 aliphatic carbocycles. The van der Waals surface area contributed by atoms with Gasteiger partial charge in [0.1, 0.15) is 9.71 Å². The average molecular weight is 468 g/mol. The van der Waals surface area contributed by atoms with Gasteiger partial charge in [0.05, 0.1) is 18.2 Å². The number of aromatic nitrogens is 3. The molecule has 0 saturated carbocycles. The van der Waals surface area contributed by atoms with Gasteiger partial charge in [-0.3, -0.25) is 23.5 Å². The van der Waals surface area contributed by atoms with Crippen LogP contribution in [0.2, 0.25) is 0 Å². The Kier molecular flexibility index (Phi) is 6.88. The van der Waals surface area contributed by atoms with E-state index in [-0.39, 0.29) is 24.9 Å². The number of rotatable bonds is 5. The van der Waals surface area contributed by atoms with Crippen LogP contribution in [0.4, 0.5) is 0 Å². The van der Waals surface area contributed by atoms with Crippen LogP contribution in [0.25, 0.3) is 4.83 Å². The van der Waals surface area contributed by atoms with Crippen LogP contribution in [0.1, 0.15) is 31.9 Å². The van der Waals surface area contributed by atoms with Gasteiger partial charge in [0.25, 0.3) is 11.5 Å². The first-order valence-corrected chi connectivity index (χ1v) is 10.2. The standard InChI is InChI=1S/C22H17N5O3S.ClH/c1-14-20(29)26(12-17-4-2-3-16(9-17)10-23)22(30)27-13-18(31-21(14)27)19(28)25-11-15-5-7-24-8-6-15;/h2-9,13H,11-12H2,1H3,(H,25,28);1H. The van der Waals surface area contributed by atoms with Crippen LogP contribution in [-0.2, 0) is 13.1 Å². The second-order valence-electron chi connectivity index (χ2n) is 6.92. The summed E-state index contributed by atoms with van der Waals surface area (Å²) in [6.07, 6.45) is 4.74. The molecule has 8 nitrogen and oxygen atoms in total. The Morgan fingerprint density at radius 3 is 2.66 bits per heavy atom. The summed E-state index contributed by atoms with van der Waals surface area (Å²) in [7, 11) is 0. The number of pyridine rings is 1. The SMILES string of the molecule is Cc1c(=O)n(Cc2cccc(C#N)c2)c(=O)n2cc(C(=O)NCc3ccncc3)sc12.Cl. The summed E-state index contributed by atoms with van der Waals surface area (Å²) in [5.74, 6) is -0.329. The van der Waals surface area contributed by atoms with Crippen molar-refractivity contribution < 1.29 is 4.79 Å². The van der Waals surface area contributed by atoms with E-state index in [2.05, 4.69) is 10.3 Å². The highest BCUT2D eigenvalue weighted by Gasteiger charge is 2.17. The third kappa shape index (κ3) is 4.46. The first kappa shape index (κ1) is 22.9. The van der Waals surface area contributed by atoms with Gasteiger partial charge in [0.15, 0.2) is 0 Å². The molecule has 1 N–H and O–H groups in total. The number of aryl methyl sites for hydroxylation is 1. The van der Waals surface area contributed by atoms with Crippen molar-refractivity contribution in [1.82, 2.24) is 19.3 Å². The normalized spacial score (nSPS) is 10.4. The van der Waals surface area contributed by atoms with E-state index in [9.17, 15) is 14.4 Å². The molecule has 10 heteroatoms. The third-order valence-electron chi connectivity index (χ3n) is 4.82. The molecular formula is C22H18ClN5O3S. The number of nitrogens with one attached hydrogen (secondary N) is 1. The smallest absolute Gasteiger partial charge is 0.336 e. The highest BCUT2D eigenvalue weighted by Crippen LogP contribution is 2.18. The molecular weight excluding hydrogens is 450 g/mol. The Hall–Kier alpha value is -3.74. The van der Waals surface area contributed by atoms with Crippen molar-refractivity contribution in [2.24, 2.45) is 0 Å². The largest absolute Gasteiger partial charge is 0.347 e. The monoisotopic (exact) mass is 467 g/mol. The van der Waals surface area contributed by atoms with Crippen LogP contribution in [0, 0.1) is 18.3 Å². The fourth-order valence-electron chi connectivity index (χ4n) is 3.20. The second-order valence-corrected chi connectivity index (χ2v) is 7.95. The Balaban J connectivity index is 0.00000289. The lowest BCUT2D eigenvalue weighted by Gasteiger charge is -2.07. The van der Waals surface area contributed by atoms with Crippen molar-refractivity contribution in [2.75, 3.05) is 0 Å². The minimum absolute atomic E-state index is 0. The third-order valence-corrected chi connectivity index (χ3v) is 6.03. The van der Waals surface area contributed by atoms with E-state index >= 15 is 0 Å². The lowest BCUT2D eigenvalue weighted by atomic mass is 10.1. The van der Waals surface area contributed by atoms with Gasteiger partial charge in [-0.2, -0.15) is 5.26 Å². The maximum absolute atomic E-state index is 13.0. The molecule has 32 heavy (non-hydrogen) atoms. The van der Waals surface area contributed by atoms with Gasteiger partial charge in [-0.15, -0.1) is 23.7 Å². The highest BCUT2D eigenvalue weighted by molar-refractivity contribution is 7.19. The molecule has 0 aliphatic rings. The number of nitriles is 1. The molecule has 3 aromatic heterocycles. The molecule has 1 aromatic carbocycles. The summed E-state index contributed by atoms with van der Waals surface area (Å²) in [5, 5.41) is 11.9. The van der Waals surface area contributed by atoms with Crippen molar-refractivity contribution in [3.05, 3.63) is 103 Å². The Morgan fingerprint density at radius 1 is 1.19 bits per heavy atom. The lowest BCUT2D eigenvalue weighted by molar-refractivity contribution is 0.0954. The van der Waals surface area contributed by atoms with Crippen molar-refractivity contribution >= 4 is 34.5 Å². The molecule has 4 rings (SSSR count). The lowest BCUT2D eigenvalue weighted by Crippen LogP contribution is -2.38. The molecule has 0 radical (unpaired) electrons. The summed E-state index contributed by atoms with van der Waals surface area (Å²) in [4.78, 5) is 43.1. The van der Waals surface area contributed by atoms with Crippen molar-refractivity contribution in [3.8, 4) is 6.07 Å². The summed E-state index contributed by atoms with van der Waals surface area (Å²) in [6.45, 7) is 2.00. The van der Waals surface area contributed by atoms with Crippen LogP contribution in [0.15, 0.2) is 64.6 Å². The van der Waals surface area contributed by atoms with E-state index in [0.29, 0.717) is 32.9 Å². The summed E-state index contributed by atoms with van der Waals surface area (Å²) < 4.78 is 2.45. The first-order valence-electron chi connectivity index (χ1n) is 9.39. The Bertz CT molecular complexity index is 1450. The number of carbonyl (C=O) groups excluding carboxylic acids is 1. The van der Waals surface area contributed by atoms with E-state index in [0.717, 1.165) is 21.5 Å². The Morgan fingerprint density at radius 2 is 1.94 bits per heavy atom. The zero-order chi connectivity index (χ0) is 22.0. The van der Waals surface area contributed by atoms with Crippen molar-refractivity contribution in [3.63, 3.8) is 0 Å². The summed E-state index contributed by atoms with van der Waals surface area (Å²) in [6, 6.07) is 12.4. The topological polar surface area (TPSA) is 109 Å². The number of fused-ring (bicyclic) bond motifs is 1. The fourth-order valence-corrected chi connectivity index (χ4v) is 4.20. The molecule has 1 amide bonds. The van der Waals surface area contributed by atoms with Gasteiger partial charge in [0.2, 0.25) is 0 Å². The molecule has 4 aromatic rings. The van der Waals surface area contributed by atoms with Crippen molar-refractivity contribution in [1.29, 1.82) is 5.26 Å². The van der Waals surface area contributed by atoms with E-state index in [1.54, 1.807) is 55.7 Å². The maximum Gasteiger partial charge on any atom is 0.336 e. The summed E-state index contributed by atoms with van der Waals surface area (Å²) in [5.41, 5.74) is 1.46. The first-order chi connectivity index (χ1) is 15.0. The van der Waals surface area contributed by atoms with Gasteiger partial charge in [-0.05, 0) is 42.3 Å². The number of carbonyl (C=O) groups is 1. The van der Waals surface area contributed by atoms with Gasteiger partial charge in [-0.1, -0.05) is 12.1 Å². The number of amides is 1. The number of hydrogen-bond acceptors (Lipinski definition) is 6. The average Bonchev–Trinajstić information content (AvgIpc) is 3.26. The second kappa shape index (κ2) is 9.60. The van der Waals surface area contributed by atoms with Crippen LogP contribution >= 0.6 is 23.7 Å². The molecule has 0 saturated heterocycles. The van der Waals surface area contributed by atoms with E-state index in [4.69, 9.17) is 5.26 Å². The zero-order valence-corrected chi connectivity index (χ0v) is 18.6. The van der Waals surface area contributed by atoms with Crippen LogP contribution in [0.3, 0.4) is 0 Å². The number of hydrogen-bond donors (Lipinski definition) is 1. The van der Waals surface area contributed by atoms with E-state index < -0.39 is 11.2 Å². The van der Waals surface area contributed by atoms with E-state index in [1.807, 2.05) is 6.07 Å². The predicted octanol–water partition coefficient (Wildman–Crippen LogP) is 2.50. The molecule has 3 heterocycles. The number of halogens is 1. The number of thiazole rings is 1. The molecule has 162 valence electrons. The quantitative estimate of drug-likeness (QED) is 0.485. The van der Waals surface area contributed by atoms with Gasteiger partial charge in [-0.25, -0.2) is 4.79 Å². The number of nitrogens with zero attached hydrogens (tertiary/aromatic N) is 4. The molecule has 0 unspecified atom stereocenters. The molecule has 0 aliphatic heterocycles. The maximum atomic E-state index is 13.0. The molecule has 0 atom stereocenters. The number of benzene rings is 1. The minimum atomic E-state index is -0.530. The fraction of sp³-hybridized carbons (Fsp3) is 0.136. The van der Waals surface area contributed by atoms with E-state index in [1.165, 1.54) is 10.6 Å². The van der Waals surface area contributed by atoms with Crippen molar-refractivity contribution in [2.45, 2.75) is 20.0 Å². The highest BCUT2D eigenvalue weighted by atomic mass is 35.5. The van der Waals surface area contributed by atoms with Crippen LogP contribution in [0.5, 0.6) is 0 Å². The van der Waals surface area contributed by atoms with Gasteiger partial charge in [0, 0.05) is 30.7 Å². The minimum Gasteiger partial charge on any atom is -0.347 e. The molecule has 0 fully saturated rings. The zero-order valence-electron chi connectivity index (χ0n) is 16.9. The van der Waals surface area contributed by atoms with Crippen LogP contribution in [-0.4, -0.2) is 19.9 Å². The van der Waals surface area contributed by atoms with Crippen LogP contribution < -0.4 is 16.6 Å². The Labute approximate surface area is 192 Å². The van der Waals surface area contributed by atoms with Gasteiger partial charge < -0.3 is 5.32 Å². The molecule has 0 spiro atoms. The molecule has 0 bridgehead atoms. The van der Waals surface area contributed by atoms with Gasteiger partial charge >= 0.3 is 5.69 Å².